The molecule has 0 radical (unpaired) electrons. The standard InChI is InChI=1S/C27H20F3N5O/c1-15-8-9-21-19(11-13-33-25(21)34-17-5-2-4-16(14-17)27(28,29)30)23(15)35-26(36)22-7-3-6-20-18(22)10-12-32-24(20)31/h2-14H,1H3,(H2,31,32)(H,33,34)(H,35,36). The molecule has 0 aliphatic heterocycles. The van der Waals surface area contributed by atoms with E-state index in [-0.39, 0.29) is 11.6 Å². The van der Waals surface area contributed by atoms with Crippen LogP contribution in [0.25, 0.3) is 21.5 Å². The number of hydrogen-bond donors (Lipinski definition) is 3. The quantitative estimate of drug-likeness (QED) is 0.263. The Hall–Kier alpha value is -4.66. The van der Waals surface area contributed by atoms with Crippen molar-refractivity contribution < 1.29 is 18.0 Å². The minimum absolute atomic E-state index is 0.248. The summed E-state index contributed by atoms with van der Waals surface area (Å²) in [6.45, 7) is 1.86. The molecule has 6 nitrogen and oxygen atoms in total. The number of benzene rings is 3. The van der Waals surface area contributed by atoms with Crippen molar-refractivity contribution in [2.24, 2.45) is 0 Å². The van der Waals surface area contributed by atoms with Crippen LogP contribution in [0.4, 0.5) is 36.2 Å². The van der Waals surface area contributed by atoms with Crippen LogP contribution in [0.2, 0.25) is 0 Å². The van der Waals surface area contributed by atoms with Crippen LogP contribution >= 0.6 is 0 Å². The van der Waals surface area contributed by atoms with E-state index in [1.807, 2.05) is 19.1 Å². The minimum atomic E-state index is -4.46. The van der Waals surface area contributed by atoms with E-state index < -0.39 is 11.7 Å². The number of nitrogen functional groups attached to an aromatic ring is 1. The number of aryl methyl sites for hydroxylation is 1. The first kappa shape index (κ1) is 23.1. The third-order valence-corrected chi connectivity index (χ3v) is 5.93. The molecule has 4 N–H and O–H groups in total. The van der Waals surface area contributed by atoms with Gasteiger partial charge in [0.1, 0.15) is 11.6 Å². The number of anilines is 4. The fourth-order valence-corrected chi connectivity index (χ4v) is 4.15. The third-order valence-electron chi connectivity index (χ3n) is 5.93. The Labute approximate surface area is 204 Å². The molecule has 1 amide bonds. The molecule has 180 valence electrons. The number of rotatable bonds is 4. The Bertz CT molecular complexity index is 1630. The van der Waals surface area contributed by atoms with Gasteiger partial charge in [0.05, 0.1) is 11.3 Å². The number of carbonyl (C=O) groups excluding carboxylic acids is 1. The van der Waals surface area contributed by atoms with E-state index in [0.717, 1.165) is 17.7 Å². The molecular weight excluding hydrogens is 467 g/mol. The van der Waals surface area contributed by atoms with Crippen LogP contribution in [0.3, 0.4) is 0 Å². The second kappa shape index (κ2) is 8.84. The van der Waals surface area contributed by atoms with Gasteiger partial charge in [-0.05, 0) is 54.3 Å². The van der Waals surface area contributed by atoms with Gasteiger partial charge in [0.25, 0.3) is 5.91 Å². The number of fused-ring (bicyclic) bond motifs is 2. The van der Waals surface area contributed by atoms with E-state index in [1.54, 1.807) is 36.5 Å². The molecule has 0 fully saturated rings. The first-order chi connectivity index (χ1) is 17.2. The lowest BCUT2D eigenvalue weighted by atomic mass is 10.0. The molecule has 0 saturated carbocycles. The Balaban J connectivity index is 1.53. The zero-order valence-electron chi connectivity index (χ0n) is 19.0. The van der Waals surface area contributed by atoms with Crippen LogP contribution < -0.4 is 16.4 Å². The maximum atomic E-state index is 13.3. The summed E-state index contributed by atoms with van der Waals surface area (Å²) in [5.74, 6) is 0.372. The predicted octanol–water partition coefficient (Wildman–Crippen LogP) is 6.69. The Morgan fingerprint density at radius 2 is 1.61 bits per heavy atom. The van der Waals surface area contributed by atoms with Crippen molar-refractivity contribution >= 4 is 50.5 Å². The summed E-state index contributed by atoms with van der Waals surface area (Å²) < 4.78 is 39.4. The van der Waals surface area contributed by atoms with Gasteiger partial charge in [0.15, 0.2) is 0 Å². The molecule has 3 aromatic carbocycles. The number of aromatic nitrogens is 2. The van der Waals surface area contributed by atoms with E-state index in [4.69, 9.17) is 5.73 Å². The Morgan fingerprint density at radius 3 is 2.42 bits per heavy atom. The van der Waals surface area contributed by atoms with Gasteiger partial charge < -0.3 is 16.4 Å². The number of carbonyl (C=O) groups is 1. The highest BCUT2D eigenvalue weighted by Crippen LogP contribution is 2.35. The van der Waals surface area contributed by atoms with Crippen LogP contribution in [-0.2, 0) is 6.18 Å². The van der Waals surface area contributed by atoms with Crippen LogP contribution in [-0.4, -0.2) is 15.9 Å². The maximum Gasteiger partial charge on any atom is 0.416 e. The number of nitrogens with zero attached hydrogens (tertiary/aromatic N) is 2. The highest BCUT2D eigenvalue weighted by molar-refractivity contribution is 6.17. The third kappa shape index (κ3) is 4.26. The number of nitrogens with two attached hydrogens (primary N) is 1. The van der Waals surface area contributed by atoms with Gasteiger partial charge >= 0.3 is 6.18 Å². The highest BCUT2D eigenvalue weighted by atomic mass is 19.4. The summed E-state index contributed by atoms with van der Waals surface area (Å²) in [7, 11) is 0. The van der Waals surface area contributed by atoms with Gasteiger partial charge in [-0.3, -0.25) is 4.79 Å². The average Bonchev–Trinajstić information content (AvgIpc) is 2.85. The Morgan fingerprint density at radius 1 is 0.861 bits per heavy atom. The highest BCUT2D eigenvalue weighted by Gasteiger charge is 2.30. The molecule has 0 atom stereocenters. The summed E-state index contributed by atoms with van der Waals surface area (Å²) >= 11 is 0. The lowest BCUT2D eigenvalue weighted by Crippen LogP contribution is -2.14. The van der Waals surface area contributed by atoms with Crippen LogP contribution in [0.15, 0.2) is 79.1 Å². The number of amides is 1. The summed E-state index contributed by atoms with van der Waals surface area (Å²) in [5.41, 5.74) is 7.28. The van der Waals surface area contributed by atoms with Crippen molar-refractivity contribution in [3.8, 4) is 0 Å². The average molecular weight is 487 g/mol. The first-order valence-corrected chi connectivity index (χ1v) is 11.0. The topological polar surface area (TPSA) is 92.9 Å². The Kier molecular flexibility index (Phi) is 5.68. The summed E-state index contributed by atoms with van der Waals surface area (Å²) in [6.07, 6.45) is -1.37. The molecule has 36 heavy (non-hydrogen) atoms. The largest absolute Gasteiger partial charge is 0.416 e. The van der Waals surface area contributed by atoms with Crippen molar-refractivity contribution in [3.63, 3.8) is 0 Å². The number of hydrogen-bond acceptors (Lipinski definition) is 5. The van der Waals surface area contributed by atoms with Crippen molar-refractivity contribution in [2.75, 3.05) is 16.4 Å². The zero-order valence-corrected chi connectivity index (χ0v) is 19.0. The number of nitrogens with one attached hydrogen (secondary N) is 2. The minimum Gasteiger partial charge on any atom is -0.383 e. The number of halogens is 3. The fourth-order valence-electron chi connectivity index (χ4n) is 4.15. The first-order valence-electron chi connectivity index (χ1n) is 11.0. The second-order valence-corrected chi connectivity index (χ2v) is 8.27. The van der Waals surface area contributed by atoms with E-state index in [0.29, 0.717) is 44.4 Å². The van der Waals surface area contributed by atoms with E-state index in [1.165, 1.54) is 18.3 Å². The van der Waals surface area contributed by atoms with Crippen molar-refractivity contribution in [1.29, 1.82) is 0 Å². The van der Waals surface area contributed by atoms with Crippen molar-refractivity contribution in [1.82, 2.24) is 9.97 Å². The monoisotopic (exact) mass is 487 g/mol. The van der Waals surface area contributed by atoms with Crippen LogP contribution in [0.5, 0.6) is 0 Å². The van der Waals surface area contributed by atoms with Gasteiger partial charge in [-0.25, -0.2) is 9.97 Å². The van der Waals surface area contributed by atoms with Gasteiger partial charge in [0.2, 0.25) is 0 Å². The van der Waals surface area contributed by atoms with E-state index in [9.17, 15) is 18.0 Å². The second-order valence-electron chi connectivity index (χ2n) is 8.27. The molecule has 0 spiro atoms. The molecule has 2 heterocycles. The summed E-state index contributed by atoms with van der Waals surface area (Å²) in [5, 5.41) is 8.66. The van der Waals surface area contributed by atoms with E-state index in [2.05, 4.69) is 20.6 Å². The normalized spacial score (nSPS) is 11.6. The SMILES string of the molecule is Cc1ccc2c(Nc3cccc(C(F)(F)F)c3)nccc2c1NC(=O)c1cccc2c(N)nccc12. The molecule has 9 heteroatoms. The van der Waals surface area contributed by atoms with E-state index >= 15 is 0 Å². The molecule has 5 rings (SSSR count). The van der Waals surface area contributed by atoms with Gasteiger partial charge in [0, 0.05) is 39.8 Å². The van der Waals surface area contributed by atoms with Gasteiger partial charge in [-0.1, -0.05) is 30.3 Å². The zero-order chi connectivity index (χ0) is 25.4. The molecule has 0 aliphatic rings. The van der Waals surface area contributed by atoms with Crippen LogP contribution in [0.1, 0.15) is 21.5 Å². The van der Waals surface area contributed by atoms with Gasteiger partial charge in [-0.2, -0.15) is 13.2 Å². The molecule has 2 aromatic heterocycles. The smallest absolute Gasteiger partial charge is 0.383 e. The lowest BCUT2D eigenvalue weighted by molar-refractivity contribution is -0.137. The summed E-state index contributed by atoms with van der Waals surface area (Å²) in [6, 6.07) is 17.3. The predicted molar refractivity (Wildman–Crippen MR) is 135 cm³/mol. The number of alkyl halides is 3. The number of pyridine rings is 2. The van der Waals surface area contributed by atoms with Gasteiger partial charge in [-0.15, -0.1) is 0 Å². The molecule has 0 saturated heterocycles. The molecular formula is C27H20F3N5O. The molecule has 0 aliphatic carbocycles. The fraction of sp³-hybridized carbons (Fsp3) is 0.0741. The summed E-state index contributed by atoms with van der Waals surface area (Å²) in [4.78, 5) is 21.7. The van der Waals surface area contributed by atoms with Crippen molar-refractivity contribution in [2.45, 2.75) is 13.1 Å². The van der Waals surface area contributed by atoms with Crippen molar-refractivity contribution in [3.05, 3.63) is 95.8 Å². The molecule has 0 unspecified atom stereocenters. The molecule has 0 bridgehead atoms. The maximum absolute atomic E-state index is 13.3. The van der Waals surface area contributed by atoms with Crippen LogP contribution in [0, 0.1) is 6.92 Å². The lowest BCUT2D eigenvalue weighted by Gasteiger charge is -2.16. The molecule has 5 aromatic rings.